The maximum atomic E-state index is 9.69. The van der Waals surface area contributed by atoms with Crippen molar-refractivity contribution in [1.82, 2.24) is 5.32 Å². The van der Waals surface area contributed by atoms with Crippen molar-refractivity contribution in [3.63, 3.8) is 0 Å². The van der Waals surface area contributed by atoms with Crippen molar-refractivity contribution < 1.29 is 20.1 Å². The second-order valence-corrected chi connectivity index (χ2v) is 4.72. The Morgan fingerprint density at radius 3 is 2.78 bits per heavy atom. The molecular formula is C13H19NO4. The number of aromatic hydroxyl groups is 3. The van der Waals surface area contributed by atoms with E-state index in [0.717, 1.165) is 19.4 Å². The average Bonchev–Trinajstić information content (AvgIpc) is 2.35. The summed E-state index contributed by atoms with van der Waals surface area (Å²) in [6.45, 7) is 3.24. The number of rotatable bonds is 3. The van der Waals surface area contributed by atoms with Crippen LogP contribution in [0.25, 0.3) is 0 Å². The molecule has 1 saturated heterocycles. The van der Waals surface area contributed by atoms with Gasteiger partial charge in [0, 0.05) is 24.8 Å². The van der Waals surface area contributed by atoms with Gasteiger partial charge in [0.05, 0.1) is 6.10 Å². The van der Waals surface area contributed by atoms with Crippen LogP contribution in [0.3, 0.4) is 0 Å². The molecule has 4 N–H and O–H groups in total. The van der Waals surface area contributed by atoms with Crippen LogP contribution in [0.15, 0.2) is 12.1 Å². The fraction of sp³-hybridized carbons (Fsp3) is 0.538. The lowest BCUT2D eigenvalue weighted by atomic mass is 10.0. The monoisotopic (exact) mass is 253 g/mol. The maximum Gasteiger partial charge on any atom is 0.200 e. The summed E-state index contributed by atoms with van der Waals surface area (Å²) in [5, 5.41) is 31.7. The summed E-state index contributed by atoms with van der Waals surface area (Å²) < 4.78 is 5.46. The Morgan fingerprint density at radius 1 is 1.28 bits per heavy atom. The lowest BCUT2D eigenvalue weighted by Crippen LogP contribution is -2.37. The maximum absolute atomic E-state index is 9.69. The highest BCUT2D eigenvalue weighted by Crippen LogP contribution is 2.36. The first-order valence-electron chi connectivity index (χ1n) is 6.15. The molecule has 18 heavy (non-hydrogen) atoms. The van der Waals surface area contributed by atoms with Gasteiger partial charge in [-0.2, -0.15) is 0 Å². The zero-order valence-electron chi connectivity index (χ0n) is 10.4. The third-order valence-corrected chi connectivity index (χ3v) is 3.28. The first kappa shape index (κ1) is 13.0. The Kier molecular flexibility index (Phi) is 3.93. The van der Waals surface area contributed by atoms with Crippen LogP contribution in [0.5, 0.6) is 17.2 Å². The van der Waals surface area contributed by atoms with Crippen molar-refractivity contribution in [3.8, 4) is 17.2 Å². The molecule has 1 aliphatic rings. The van der Waals surface area contributed by atoms with Crippen LogP contribution in [0.4, 0.5) is 0 Å². The van der Waals surface area contributed by atoms with Crippen LogP contribution in [0.2, 0.25) is 0 Å². The molecular weight excluding hydrogens is 234 g/mol. The molecule has 2 unspecified atom stereocenters. The number of ether oxygens (including phenoxy) is 1. The van der Waals surface area contributed by atoms with E-state index in [9.17, 15) is 15.3 Å². The molecule has 1 aliphatic heterocycles. The molecule has 1 heterocycles. The summed E-state index contributed by atoms with van der Waals surface area (Å²) in [6.07, 6.45) is 2.12. The highest BCUT2D eigenvalue weighted by atomic mass is 16.5. The lowest BCUT2D eigenvalue weighted by Gasteiger charge is -2.28. The average molecular weight is 253 g/mol. The van der Waals surface area contributed by atoms with Gasteiger partial charge < -0.3 is 25.4 Å². The van der Waals surface area contributed by atoms with Gasteiger partial charge in [-0.3, -0.25) is 0 Å². The van der Waals surface area contributed by atoms with Gasteiger partial charge in [-0.05, 0) is 25.8 Å². The van der Waals surface area contributed by atoms with Crippen LogP contribution >= 0.6 is 0 Å². The lowest BCUT2D eigenvalue weighted by molar-refractivity contribution is 0.0130. The minimum Gasteiger partial charge on any atom is -0.504 e. The second-order valence-electron chi connectivity index (χ2n) is 4.72. The summed E-state index contributed by atoms with van der Waals surface area (Å²) in [4.78, 5) is 0. The molecule has 5 heteroatoms. The van der Waals surface area contributed by atoms with E-state index in [-0.39, 0.29) is 17.6 Å². The predicted octanol–water partition coefficient (Wildman–Crippen LogP) is 1.46. The number of benzene rings is 1. The van der Waals surface area contributed by atoms with Crippen molar-refractivity contribution >= 4 is 0 Å². The van der Waals surface area contributed by atoms with E-state index in [1.165, 1.54) is 6.07 Å². The zero-order chi connectivity index (χ0) is 13.1. The minimum atomic E-state index is -0.463. The van der Waals surface area contributed by atoms with Crippen molar-refractivity contribution in [2.24, 2.45) is 0 Å². The third-order valence-electron chi connectivity index (χ3n) is 3.28. The van der Waals surface area contributed by atoms with Crippen LogP contribution in [0, 0.1) is 0 Å². The molecule has 1 fully saturated rings. The molecule has 0 aliphatic carbocycles. The fourth-order valence-corrected chi connectivity index (χ4v) is 2.19. The summed E-state index contributed by atoms with van der Waals surface area (Å²) >= 11 is 0. The summed E-state index contributed by atoms with van der Waals surface area (Å²) in [7, 11) is 0. The Balaban J connectivity index is 1.96. The zero-order valence-corrected chi connectivity index (χ0v) is 10.4. The molecule has 100 valence electrons. The molecule has 0 amide bonds. The second kappa shape index (κ2) is 5.46. The summed E-state index contributed by atoms with van der Waals surface area (Å²) in [5.41, 5.74) is 0.574. The van der Waals surface area contributed by atoms with Gasteiger partial charge in [-0.15, -0.1) is 0 Å². The molecule has 0 radical (unpaired) electrons. The smallest absolute Gasteiger partial charge is 0.200 e. The van der Waals surface area contributed by atoms with Crippen molar-refractivity contribution in [3.05, 3.63) is 17.7 Å². The first-order chi connectivity index (χ1) is 8.58. The number of phenolic OH excluding ortho intramolecular Hbond substituents is 3. The molecule has 0 saturated carbocycles. The number of phenols is 3. The van der Waals surface area contributed by atoms with E-state index in [2.05, 4.69) is 5.32 Å². The highest BCUT2D eigenvalue weighted by Gasteiger charge is 2.19. The van der Waals surface area contributed by atoms with E-state index >= 15 is 0 Å². The number of hydrogen-bond donors (Lipinski definition) is 4. The fourth-order valence-electron chi connectivity index (χ4n) is 2.19. The molecule has 0 aromatic heterocycles. The molecule has 2 atom stereocenters. The van der Waals surface area contributed by atoms with Gasteiger partial charge in [0.25, 0.3) is 0 Å². The largest absolute Gasteiger partial charge is 0.504 e. The molecule has 1 aromatic rings. The van der Waals surface area contributed by atoms with Crippen molar-refractivity contribution in [1.29, 1.82) is 0 Å². The highest BCUT2D eigenvalue weighted by molar-refractivity contribution is 5.52. The molecule has 5 nitrogen and oxygen atoms in total. The SMILES string of the molecule is CC1CC(NCc2ccc(O)c(O)c2O)CCO1. The van der Waals surface area contributed by atoms with Crippen LogP contribution < -0.4 is 5.32 Å². The van der Waals surface area contributed by atoms with Gasteiger partial charge in [0.1, 0.15) is 0 Å². The first-order valence-corrected chi connectivity index (χ1v) is 6.15. The molecule has 1 aromatic carbocycles. The molecule has 0 spiro atoms. The Labute approximate surface area is 106 Å². The number of nitrogens with one attached hydrogen (secondary N) is 1. The minimum absolute atomic E-state index is 0.248. The predicted molar refractivity (Wildman–Crippen MR) is 66.7 cm³/mol. The van der Waals surface area contributed by atoms with Crippen LogP contribution in [0.1, 0.15) is 25.3 Å². The van der Waals surface area contributed by atoms with Gasteiger partial charge in [0.2, 0.25) is 5.75 Å². The van der Waals surface area contributed by atoms with Gasteiger partial charge in [-0.1, -0.05) is 6.07 Å². The van der Waals surface area contributed by atoms with Crippen molar-refractivity contribution in [2.75, 3.05) is 6.61 Å². The van der Waals surface area contributed by atoms with E-state index in [1.54, 1.807) is 6.07 Å². The van der Waals surface area contributed by atoms with Gasteiger partial charge >= 0.3 is 0 Å². The summed E-state index contributed by atoms with van der Waals surface area (Å²) in [5.74, 6) is -1.03. The van der Waals surface area contributed by atoms with E-state index in [0.29, 0.717) is 18.2 Å². The van der Waals surface area contributed by atoms with Crippen LogP contribution in [-0.4, -0.2) is 34.1 Å². The molecule has 0 bridgehead atoms. The van der Waals surface area contributed by atoms with Gasteiger partial charge in [-0.25, -0.2) is 0 Å². The van der Waals surface area contributed by atoms with Crippen LogP contribution in [-0.2, 0) is 11.3 Å². The normalized spacial score (nSPS) is 24.1. The number of hydrogen-bond acceptors (Lipinski definition) is 5. The third kappa shape index (κ3) is 2.86. The summed E-state index contributed by atoms with van der Waals surface area (Å²) in [6, 6.07) is 3.32. The van der Waals surface area contributed by atoms with E-state index in [1.807, 2.05) is 6.92 Å². The molecule has 2 rings (SSSR count). The Bertz CT molecular complexity index is 422. The van der Waals surface area contributed by atoms with Crippen molar-refractivity contribution in [2.45, 2.75) is 38.5 Å². The standard InChI is InChI=1S/C13H19NO4/c1-8-6-10(4-5-18-8)14-7-9-2-3-11(15)13(17)12(9)16/h2-3,8,10,14-17H,4-7H2,1H3. The van der Waals surface area contributed by atoms with E-state index in [4.69, 9.17) is 4.74 Å². The Hall–Kier alpha value is -1.46. The van der Waals surface area contributed by atoms with E-state index < -0.39 is 5.75 Å². The van der Waals surface area contributed by atoms with Gasteiger partial charge in [0.15, 0.2) is 11.5 Å². The quantitative estimate of drug-likeness (QED) is 0.613. The Morgan fingerprint density at radius 2 is 2.06 bits per heavy atom. The topological polar surface area (TPSA) is 82.0 Å².